The van der Waals surface area contributed by atoms with E-state index in [-0.39, 0.29) is 5.82 Å². The molecule has 2 aromatic heterocycles. The Hall–Kier alpha value is -2.88. The summed E-state index contributed by atoms with van der Waals surface area (Å²) >= 11 is 0. The predicted molar refractivity (Wildman–Crippen MR) is 90.2 cm³/mol. The Labute approximate surface area is 133 Å². The second-order valence-electron chi connectivity index (χ2n) is 5.72. The molecule has 0 spiro atoms. The molecule has 0 fully saturated rings. The Bertz CT molecular complexity index is 1010. The average Bonchev–Trinajstić information content (AvgIpc) is 3.18. The quantitative estimate of drug-likeness (QED) is 0.535. The molecule has 0 unspecified atom stereocenters. The van der Waals surface area contributed by atoms with Crippen LogP contribution in [0.3, 0.4) is 0 Å². The number of hydrogen-bond acceptors (Lipinski definition) is 1. The van der Waals surface area contributed by atoms with Crippen molar-refractivity contribution in [1.29, 1.82) is 0 Å². The Morgan fingerprint density at radius 2 is 1.91 bits per heavy atom. The van der Waals surface area contributed by atoms with Crippen LogP contribution in [0.25, 0.3) is 28.0 Å². The number of rotatable bonds is 2. The van der Waals surface area contributed by atoms with Gasteiger partial charge < -0.3 is 9.13 Å². The zero-order valence-corrected chi connectivity index (χ0v) is 13.0. The Morgan fingerprint density at radius 3 is 2.70 bits per heavy atom. The first-order valence-corrected chi connectivity index (χ1v) is 7.49. The highest BCUT2D eigenvalue weighted by Gasteiger charge is 2.11. The van der Waals surface area contributed by atoms with E-state index in [0.29, 0.717) is 5.39 Å². The molecule has 0 aliphatic carbocycles. The smallest absolute Gasteiger partial charge is 0.139 e. The molecule has 0 aliphatic heterocycles. The van der Waals surface area contributed by atoms with Gasteiger partial charge in [0, 0.05) is 42.3 Å². The van der Waals surface area contributed by atoms with Gasteiger partial charge in [-0.25, -0.2) is 9.37 Å². The maximum absolute atomic E-state index is 14.0. The summed E-state index contributed by atoms with van der Waals surface area (Å²) in [5, 5.41) is 0.646. The van der Waals surface area contributed by atoms with Crippen LogP contribution in [-0.4, -0.2) is 14.1 Å². The Balaban J connectivity index is 1.93. The zero-order chi connectivity index (χ0) is 16.0. The van der Waals surface area contributed by atoms with Crippen LogP contribution in [0.5, 0.6) is 0 Å². The largest absolute Gasteiger partial charge is 0.334 e. The highest BCUT2D eigenvalue weighted by molar-refractivity contribution is 5.85. The molecule has 114 valence electrons. The number of nitrogens with zero attached hydrogens (tertiary/aromatic N) is 3. The molecule has 0 saturated carbocycles. The molecule has 2 heterocycles. The highest BCUT2D eigenvalue weighted by Crippen LogP contribution is 2.27. The first-order chi connectivity index (χ1) is 11.1. The standard InChI is InChI=1S/C19H16FN3/c1-13-6-7-17(20)16-8-10-23(18(13)16)15-5-3-4-14(12-15)19-21-9-11-22(19)2/h3-12H,1-2H3. The van der Waals surface area contributed by atoms with Crippen LogP contribution in [0.4, 0.5) is 4.39 Å². The topological polar surface area (TPSA) is 22.8 Å². The molecule has 0 amide bonds. The summed E-state index contributed by atoms with van der Waals surface area (Å²) in [5.74, 6) is 0.718. The first-order valence-electron chi connectivity index (χ1n) is 7.49. The van der Waals surface area contributed by atoms with Gasteiger partial charge in [-0.2, -0.15) is 0 Å². The molecule has 0 N–H and O–H groups in total. The van der Waals surface area contributed by atoms with Crippen molar-refractivity contribution in [3.05, 3.63) is 72.4 Å². The molecule has 4 aromatic rings. The van der Waals surface area contributed by atoms with E-state index in [9.17, 15) is 4.39 Å². The summed E-state index contributed by atoms with van der Waals surface area (Å²) in [6.07, 6.45) is 5.62. The van der Waals surface area contributed by atoms with E-state index in [1.54, 1.807) is 6.20 Å². The maximum Gasteiger partial charge on any atom is 0.139 e. The Morgan fingerprint density at radius 1 is 1.04 bits per heavy atom. The van der Waals surface area contributed by atoms with Crippen LogP contribution >= 0.6 is 0 Å². The molecular weight excluding hydrogens is 289 g/mol. The van der Waals surface area contributed by atoms with Gasteiger partial charge in [-0.1, -0.05) is 18.2 Å². The molecule has 0 atom stereocenters. The van der Waals surface area contributed by atoms with E-state index < -0.39 is 0 Å². The first kappa shape index (κ1) is 13.8. The van der Waals surface area contributed by atoms with Gasteiger partial charge in [0.15, 0.2) is 0 Å². The van der Waals surface area contributed by atoms with E-state index in [2.05, 4.69) is 11.1 Å². The van der Waals surface area contributed by atoms with Crippen LogP contribution < -0.4 is 0 Å². The summed E-state index contributed by atoms with van der Waals surface area (Å²) < 4.78 is 18.0. The number of aromatic nitrogens is 3. The normalized spacial score (nSPS) is 11.3. The van der Waals surface area contributed by atoms with Gasteiger partial charge in [0.25, 0.3) is 0 Å². The predicted octanol–water partition coefficient (Wildman–Crippen LogP) is 4.48. The highest BCUT2D eigenvalue weighted by atomic mass is 19.1. The van der Waals surface area contributed by atoms with Crippen molar-refractivity contribution in [1.82, 2.24) is 14.1 Å². The lowest BCUT2D eigenvalue weighted by molar-refractivity contribution is 0.639. The SMILES string of the molecule is Cc1ccc(F)c2ccn(-c3cccc(-c4nccn4C)c3)c12. The number of aryl methyl sites for hydroxylation is 2. The molecular formula is C19H16FN3. The minimum absolute atomic E-state index is 0.190. The minimum Gasteiger partial charge on any atom is -0.334 e. The van der Waals surface area contributed by atoms with Crippen molar-refractivity contribution in [2.75, 3.05) is 0 Å². The molecule has 23 heavy (non-hydrogen) atoms. The van der Waals surface area contributed by atoms with Gasteiger partial charge in [0.1, 0.15) is 11.6 Å². The van der Waals surface area contributed by atoms with E-state index in [0.717, 1.165) is 28.2 Å². The van der Waals surface area contributed by atoms with Gasteiger partial charge in [0.2, 0.25) is 0 Å². The summed E-state index contributed by atoms with van der Waals surface area (Å²) in [6.45, 7) is 2.00. The van der Waals surface area contributed by atoms with Crippen molar-refractivity contribution in [3.8, 4) is 17.1 Å². The number of hydrogen-bond donors (Lipinski definition) is 0. The fraction of sp³-hybridized carbons (Fsp3) is 0.105. The van der Waals surface area contributed by atoms with Crippen molar-refractivity contribution in [3.63, 3.8) is 0 Å². The molecule has 0 saturated heterocycles. The van der Waals surface area contributed by atoms with Gasteiger partial charge in [-0.05, 0) is 36.8 Å². The molecule has 0 aliphatic rings. The number of fused-ring (bicyclic) bond motifs is 1. The maximum atomic E-state index is 14.0. The van der Waals surface area contributed by atoms with E-state index in [1.807, 2.05) is 65.8 Å². The third-order valence-corrected chi connectivity index (χ3v) is 4.20. The summed E-state index contributed by atoms with van der Waals surface area (Å²) in [6, 6.07) is 13.3. The second-order valence-corrected chi connectivity index (χ2v) is 5.72. The monoisotopic (exact) mass is 305 g/mol. The van der Waals surface area contributed by atoms with Crippen molar-refractivity contribution >= 4 is 10.9 Å². The molecule has 4 rings (SSSR count). The van der Waals surface area contributed by atoms with Crippen molar-refractivity contribution in [2.45, 2.75) is 6.92 Å². The third-order valence-electron chi connectivity index (χ3n) is 4.20. The lowest BCUT2D eigenvalue weighted by Gasteiger charge is -2.10. The van der Waals surface area contributed by atoms with E-state index >= 15 is 0 Å². The van der Waals surface area contributed by atoms with Crippen molar-refractivity contribution < 1.29 is 4.39 Å². The number of benzene rings is 2. The fourth-order valence-corrected chi connectivity index (χ4v) is 3.05. The average molecular weight is 305 g/mol. The summed E-state index contributed by atoms with van der Waals surface area (Å²) in [5.41, 5.74) is 3.98. The number of halogens is 1. The molecule has 3 nitrogen and oxygen atoms in total. The van der Waals surface area contributed by atoms with Crippen molar-refractivity contribution in [2.24, 2.45) is 7.05 Å². The van der Waals surface area contributed by atoms with E-state index in [4.69, 9.17) is 0 Å². The zero-order valence-electron chi connectivity index (χ0n) is 13.0. The van der Waals surface area contributed by atoms with Gasteiger partial charge in [-0.3, -0.25) is 0 Å². The van der Waals surface area contributed by atoms with Crippen LogP contribution in [0.15, 0.2) is 61.1 Å². The second kappa shape index (κ2) is 5.09. The van der Waals surface area contributed by atoms with Crippen LogP contribution in [-0.2, 0) is 7.05 Å². The lowest BCUT2D eigenvalue weighted by Crippen LogP contribution is -1.96. The van der Waals surface area contributed by atoms with Gasteiger partial charge in [0.05, 0.1) is 5.52 Å². The van der Waals surface area contributed by atoms with E-state index in [1.165, 1.54) is 6.07 Å². The van der Waals surface area contributed by atoms with Crippen LogP contribution in [0.2, 0.25) is 0 Å². The van der Waals surface area contributed by atoms with Crippen LogP contribution in [0.1, 0.15) is 5.56 Å². The summed E-state index contributed by atoms with van der Waals surface area (Å²) in [7, 11) is 1.97. The molecule has 2 aromatic carbocycles. The lowest BCUT2D eigenvalue weighted by atomic mass is 10.1. The third kappa shape index (κ3) is 2.14. The minimum atomic E-state index is -0.190. The number of imidazole rings is 1. The summed E-state index contributed by atoms with van der Waals surface area (Å²) in [4.78, 5) is 4.40. The molecule has 0 radical (unpaired) electrons. The molecule has 0 bridgehead atoms. The van der Waals surface area contributed by atoms with Crippen LogP contribution in [0, 0.1) is 12.7 Å². The fourth-order valence-electron chi connectivity index (χ4n) is 3.05. The van der Waals surface area contributed by atoms with Gasteiger partial charge in [-0.15, -0.1) is 0 Å². The molecule has 4 heteroatoms. The van der Waals surface area contributed by atoms with Gasteiger partial charge >= 0.3 is 0 Å². The Kier molecular flexibility index (Phi) is 3.05.